The number of hydrogen-bond acceptors (Lipinski definition) is 3. The van der Waals surface area contributed by atoms with Crippen molar-refractivity contribution in [3.05, 3.63) is 30.1 Å². The summed E-state index contributed by atoms with van der Waals surface area (Å²) in [4.78, 5) is 15.6. The quantitative estimate of drug-likeness (QED) is 0.831. The minimum Gasteiger partial charge on any atom is -0.381 e. The molecule has 1 N–H and O–H groups in total. The van der Waals surface area contributed by atoms with Crippen molar-refractivity contribution < 1.29 is 9.53 Å². The van der Waals surface area contributed by atoms with Crippen molar-refractivity contribution in [1.29, 1.82) is 0 Å². The van der Waals surface area contributed by atoms with E-state index < -0.39 is 0 Å². The van der Waals surface area contributed by atoms with Crippen LogP contribution in [0.25, 0.3) is 0 Å². The maximum absolute atomic E-state index is 11.6. The van der Waals surface area contributed by atoms with Crippen molar-refractivity contribution in [3.63, 3.8) is 0 Å². The number of ether oxygens (including phenoxy) is 1. The lowest BCUT2D eigenvalue weighted by Gasteiger charge is -2.08. The molecule has 2 heterocycles. The fourth-order valence-corrected chi connectivity index (χ4v) is 2.12. The molecular weight excluding hydrogens is 228 g/mol. The van der Waals surface area contributed by atoms with Crippen LogP contribution in [-0.2, 0) is 16.0 Å². The standard InChI is InChI=1S/C14H20N2O2/c17-14(2-1-12-3-7-15-8-4-12)16-9-5-13-6-10-18-11-13/h3-4,7-8,13H,1-2,5-6,9-11H2,(H,16,17)/t13-/m0/s1. The fourth-order valence-electron chi connectivity index (χ4n) is 2.12. The maximum Gasteiger partial charge on any atom is 0.220 e. The molecule has 2 rings (SSSR count). The van der Waals surface area contributed by atoms with E-state index in [1.54, 1.807) is 12.4 Å². The van der Waals surface area contributed by atoms with Crippen molar-refractivity contribution in [3.8, 4) is 0 Å². The van der Waals surface area contributed by atoms with Crippen LogP contribution in [-0.4, -0.2) is 30.6 Å². The summed E-state index contributed by atoms with van der Waals surface area (Å²) in [5.41, 5.74) is 1.16. The summed E-state index contributed by atoms with van der Waals surface area (Å²) in [6.45, 7) is 2.50. The topological polar surface area (TPSA) is 51.2 Å². The van der Waals surface area contributed by atoms with Crippen LogP contribution in [0.1, 0.15) is 24.8 Å². The monoisotopic (exact) mass is 248 g/mol. The Labute approximate surface area is 108 Å². The zero-order valence-electron chi connectivity index (χ0n) is 10.6. The molecule has 0 radical (unpaired) electrons. The highest BCUT2D eigenvalue weighted by Gasteiger charge is 2.15. The Bertz CT molecular complexity index is 361. The molecule has 1 saturated heterocycles. The SMILES string of the molecule is O=C(CCc1ccncc1)NCC[C@H]1CCOC1. The third-order valence-electron chi connectivity index (χ3n) is 3.29. The molecule has 0 unspecified atom stereocenters. The molecule has 1 aliphatic rings. The molecule has 1 aromatic heterocycles. The van der Waals surface area contributed by atoms with Gasteiger partial charge >= 0.3 is 0 Å². The number of pyridine rings is 1. The number of carbonyl (C=O) groups excluding carboxylic acids is 1. The average Bonchev–Trinajstić information content (AvgIpc) is 2.91. The van der Waals surface area contributed by atoms with E-state index in [0.29, 0.717) is 12.3 Å². The third kappa shape index (κ3) is 4.45. The summed E-state index contributed by atoms with van der Waals surface area (Å²) in [6.07, 6.45) is 7.00. The molecule has 0 bridgehead atoms. The van der Waals surface area contributed by atoms with E-state index in [9.17, 15) is 4.79 Å². The molecule has 1 aromatic rings. The van der Waals surface area contributed by atoms with Gasteiger partial charge in [0.1, 0.15) is 0 Å². The second-order valence-corrected chi connectivity index (χ2v) is 4.72. The van der Waals surface area contributed by atoms with E-state index >= 15 is 0 Å². The first-order valence-electron chi connectivity index (χ1n) is 6.58. The molecule has 0 aliphatic carbocycles. The zero-order chi connectivity index (χ0) is 12.6. The minimum atomic E-state index is 0.130. The van der Waals surface area contributed by atoms with Crippen molar-refractivity contribution in [1.82, 2.24) is 10.3 Å². The number of rotatable bonds is 6. The summed E-state index contributed by atoms with van der Waals surface area (Å²) in [5.74, 6) is 0.760. The van der Waals surface area contributed by atoms with Gasteiger partial charge < -0.3 is 10.1 Å². The van der Waals surface area contributed by atoms with Crippen LogP contribution >= 0.6 is 0 Å². The van der Waals surface area contributed by atoms with Crippen molar-refractivity contribution >= 4 is 5.91 Å². The molecule has 98 valence electrons. The van der Waals surface area contributed by atoms with Crippen LogP contribution in [0.3, 0.4) is 0 Å². The first kappa shape index (κ1) is 13.0. The minimum absolute atomic E-state index is 0.130. The number of aromatic nitrogens is 1. The van der Waals surface area contributed by atoms with Gasteiger partial charge in [0.15, 0.2) is 0 Å². The molecular formula is C14H20N2O2. The summed E-state index contributed by atoms with van der Waals surface area (Å²) >= 11 is 0. The van der Waals surface area contributed by atoms with Gasteiger partial charge in [-0.1, -0.05) is 0 Å². The average molecular weight is 248 g/mol. The lowest BCUT2D eigenvalue weighted by Crippen LogP contribution is -2.26. The molecule has 1 amide bonds. The first-order chi connectivity index (χ1) is 8.84. The second-order valence-electron chi connectivity index (χ2n) is 4.72. The highest BCUT2D eigenvalue weighted by Crippen LogP contribution is 2.15. The Balaban J connectivity index is 1.57. The van der Waals surface area contributed by atoms with Crippen molar-refractivity contribution in [2.75, 3.05) is 19.8 Å². The number of amides is 1. The molecule has 0 saturated carbocycles. The smallest absolute Gasteiger partial charge is 0.220 e. The Morgan fingerprint density at radius 3 is 3.00 bits per heavy atom. The van der Waals surface area contributed by atoms with Gasteiger partial charge in [-0.15, -0.1) is 0 Å². The molecule has 1 atom stereocenters. The van der Waals surface area contributed by atoms with E-state index in [0.717, 1.165) is 44.6 Å². The molecule has 0 spiro atoms. The van der Waals surface area contributed by atoms with Crippen molar-refractivity contribution in [2.45, 2.75) is 25.7 Å². The van der Waals surface area contributed by atoms with Crippen LogP contribution in [0.5, 0.6) is 0 Å². The van der Waals surface area contributed by atoms with Gasteiger partial charge in [-0.25, -0.2) is 0 Å². The van der Waals surface area contributed by atoms with Crippen LogP contribution in [0.4, 0.5) is 0 Å². The number of nitrogens with zero attached hydrogens (tertiary/aromatic N) is 1. The molecule has 4 nitrogen and oxygen atoms in total. The summed E-state index contributed by atoms with van der Waals surface area (Å²) in [6, 6.07) is 3.90. The summed E-state index contributed by atoms with van der Waals surface area (Å²) in [5, 5.41) is 2.97. The zero-order valence-corrected chi connectivity index (χ0v) is 10.6. The number of hydrogen-bond donors (Lipinski definition) is 1. The van der Waals surface area contributed by atoms with E-state index in [-0.39, 0.29) is 5.91 Å². The van der Waals surface area contributed by atoms with Crippen LogP contribution in [0.15, 0.2) is 24.5 Å². The van der Waals surface area contributed by atoms with E-state index in [4.69, 9.17) is 4.74 Å². The third-order valence-corrected chi connectivity index (χ3v) is 3.29. The summed E-state index contributed by atoms with van der Waals surface area (Å²) in [7, 11) is 0. The van der Waals surface area contributed by atoms with Crippen molar-refractivity contribution in [2.24, 2.45) is 5.92 Å². The molecule has 4 heteroatoms. The van der Waals surface area contributed by atoms with Gasteiger partial charge in [0.2, 0.25) is 5.91 Å². The molecule has 1 aliphatic heterocycles. The van der Waals surface area contributed by atoms with Gasteiger partial charge in [0.05, 0.1) is 0 Å². The van der Waals surface area contributed by atoms with Gasteiger partial charge in [0, 0.05) is 38.6 Å². The molecule has 0 aromatic carbocycles. The molecule has 1 fully saturated rings. The number of carbonyl (C=O) groups is 1. The fraction of sp³-hybridized carbons (Fsp3) is 0.571. The largest absolute Gasteiger partial charge is 0.381 e. The van der Waals surface area contributed by atoms with Crippen LogP contribution in [0.2, 0.25) is 0 Å². The lowest BCUT2D eigenvalue weighted by atomic mass is 10.1. The Kier molecular flexibility index (Phi) is 5.15. The van der Waals surface area contributed by atoms with E-state index in [1.807, 2.05) is 12.1 Å². The van der Waals surface area contributed by atoms with E-state index in [2.05, 4.69) is 10.3 Å². The van der Waals surface area contributed by atoms with Crippen LogP contribution < -0.4 is 5.32 Å². The first-order valence-corrected chi connectivity index (χ1v) is 6.58. The Morgan fingerprint density at radius 2 is 2.28 bits per heavy atom. The maximum atomic E-state index is 11.6. The van der Waals surface area contributed by atoms with Gasteiger partial charge in [0.25, 0.3) is 0 Å². The van der Waals surface area contributed by atoms with Gasteiger partial charge in [-0.3, -0.25) is 9.78 Å². The number of aryl methyl sites for hydroxylation is 1. The van der Waals surface area contributed by atoms with Gasteiger partial charge in [-0.05, 0) is 42.9 Å². The predicted octanol–water partition coefficient (Wildman–Crippen LogP) is 1.56. The Hall–Kier alpha value is -1.42. The normalized spacial score (nSPS) is 18.8. The second kappa shape index (κ2) is 7.11. The summed E-state index contributed by atoms with van der Waals surface area (Å²) < 4.78 is 5.30. The molecule has 18 heavy (non-hydrogen) atoms. The van der Waals surface area contributed by atoms with Crippen LogP contribution in [0, 0.1) is 5.92 Å². The number of nitrogens with one attached hydrogen (secondary N) is 1. The highest BCUT2D eigenvalue weighted by molar-refractivity contribution is 5.76. The highest BCUT2D eigenvalue weighted by atomic mass is 16.5. The van der Waals surface area contributed by atoms with Gasteiger partial charge in [-0.2, -0.15) is 0 Å². The van der Waals surface area contributed by atoms with E-state index in [1.165, 1.54) is 0 Å². The lowest BCUT2D eigenvalue weighted by molar-refractivity contribution is -0.121. The Morgan fingerprint density at radius 1 is 1.44 bits per heavy atom. The predicted molar refractivity (Wildman–Crippen MR) is 69.1 cm³/mol.